The highest BCUT2D eigenvalue weighted by Gasteiger charge is 1.87. The van der Waals surface area contributed by atoms with E-state index in [1.54, 1.807) is 0 Å². The molecule has 0 N–H and O–H groups in total. The van der Waals surface area contributed by atoms with Gasteiger partial charge in [0.15, 0.2) is 0 Å². The van der Waals surface area contributed by atoms with Crippen molar-refractivity contribution < 1.29 is 0 Å². The topological polar surface area (TPSA) is 0 Å². The molecule has 0 aromatic carbocycles. The Bertz CT molecular complexity index is 182. The van der Waals surface area contributed by atoms with Crippen LogP contribution in [0, 0.1) is 0 Å². The Labute approximate surface area is 95.8 Å². The number of hydrogen-bond acceptors (Lipinski definition) is 0. The van der Waals surface area contributed by atoms with Gasteiger partial charge in [-0.15, -0.1) is 5.73 Å². The van der Waals surface area contributed by atoms with Gasteiger partial charge in [-0.25, -0.2) is 0 Å². The van der Waals surface area contributed by atoms with Crippen LogP contribution in [0.15, 0.2) is 30.5 Å². The molecule has 0 unspecified atom stereocenters. The average Bonchev–Trinajstić information content (AvgIpc) is 2.26. The molecule has 0 heteroatoms. The van der Waals surface area contributed by atoms with Gasteiger partial charge in [0.05, 0.1) is 0 Å². The third kappa shape index (κ3) is 13.3. The number of unbranched alkanes of at least 4 members (excludes halogenated alkanes) is 7. The van der Waals surface area contributed by atoms with Crippen LogP contribution >= 0.6 is 0 Å². The minimum atomic E-state index is 1.15. The van der Waals surface area contributed by atoms with Gasteiger partial charge in [-0.1, -0.05) is 51.3 Å². The fraction of sp³-hybridized carbons (Fsp3) is 0.667. The highest BCUT2D eigenvalue weighted by atomic mass is 13.9. The fourth-order valence-electron chi connectivity index (χ4n) is 1.52. The third-order valence-corrected chi connectivity index (χ3v) is 2.50. The summed E-state index contributed by atoms with van der Waals surface area (Å²) >= 11 is 0. The maximum atomic E-state index is 3.55. The van der Waals surface area contributed by atoms with Crippen LogP contribution in [-0.4, -0.2) is 0 Å². The van der Waals surface area contributed by atoms with E-state index in [0.717, 1.165) is 6.42 Å². The van der Waals surface area contributed by atoms with E-state index >= 15 is 0 Å². The molecule has 0 aliphatic rings. The standard InChI is InChI=1S/C15H26/c1-3-5-7-9-11-13-15-14-12-10-8-6-4-2/h5,10,12H,1,4,6-9,11,13-15H2,2H3. The first-order chi connectivity index (χ1) is 7.41. The van der Waals surface area contributed by atoms with Crippen LogP contribution in [0.25, 0.3) is 0 Å². The largest absolute Gasteiger partial charge is 0.133 e. The molecule has 15 heavy (non-hydrogen) atoms. The number of allylic oxidation sites excluding steroid dienone is 3. The Hall–Kier alpha value is -0.740. The van der Waals surface area contributed by atoms with Gasteiger partial charge >= 0.3 is 0 Å². The predicted molar refractivity (Wildman–Crippen MR) is 70.1 cm³/mol. The van der Waals surface area contributed by atoms with Crippen molar-refractivity contribution >= 4 is 0 Å². The zero-order valence-electron chi connectivity index (χ0n) is 10.3. The van der Waals surface area contributed by atoms with Crippen molar-refractivity contribution in [3.05, 3.63) is 30.5 Å². The monoisotopic (exact) mass is 206 g/mol. The van der Waals surface area contributed by atoms with Gasteiger partial charge in [-0.05, 0) is 38.2 Å². The molecule has 0 bridgehead atoms. The number of hydrogen-bond donors (Lipinski definition) is 0. The fourth-order valence-corrected chi connectivity index (χ4v) is 1.52. The lowest BCUT2D eigenvalue weighted by Crippen LogP contribution is -1.76. The Morgan fingerprint density at radius 1 is 0.867 bits per heavy atom. The summed E-state index contributed by atoms with van der Waals surface area (Å²) in [5.41, 5.74) is 2.81. The molecule has 0 rings (SSSR count). The Morgan fingerprint density at radius 3 is 2.07 bits per heavy atom. The lowest BCUT2D eigenvalue weighted by atomic mass is 10.1. The molecule has 0 fully saturated rings. The molecule has 86 valence electrons. The minimum Gasteiger partial charge on any atom is -0.133 e. The normalized spacial score (nSPS) is 10.5. The summed E-state index contributed by atoms with van der Waals surface area (Å²) in [6.45, 7) is 5.80. The van der Waals surface area contributed by atoms with Crippen molar-refractivity contribution in [1.82, 2.24) is 0 Å². The van der Waals surface area contributed by atoms with E-state index in [1.165, 1.54) is 51.4 Å². The molecule has 0 saturated carbocycles. The van der Waals surface area contributed by atoms with Crippen LogP contribution in [0.1, 0.15) is 64.7 Å². The second-order valence-corrected chi connectivity index (χ2v) is 4.01. The molecule has 0 aliphatic heterocycles. The van der Waals surface area contributed by atoms with Crippen molar-refractivity contribution in [2.45, 2.75) is 64.7 Å². The zero-order chi connectivity index (χ0) is 11.2. The first-order valence-corrected chi connectivity index (χ1v) is 6.41. The Kier molecular flexibility index (Phi) is 12.6. The lowest BCUT2D eigenvalue weighted by Gasteiger charge is -1.96. The molecule has 0 atom stereocenters. The van der Waals surface area contributed by atoms with Crippen molar-refractivity contribution in [3.8, 4) is 0 Å². The number of rotatable bonds is 10. The van der Waals surface area contributed by atoms with Gasteiger partial charge in [0.1, 0.15) is 0 Å². The van der Waals surface area contributed by atoms with Gasteiger partial charge in [0, 0.05) is 0 Å². The summed E-state index contributed by atoms with van der Waals surface area (Å²) in [5.74, 6) is 0. The second kappa shape index (κ2) is 13.3. The predicted octanol–water partition coefficient (Wildman–Crippen LogP) is 5.41. The summed E-state index contributed by atoms with van der Waals surface area (Å²) in [6, 6.07) is 0. The molecule has 0 aromatic rings. The SMILES string of the molecule is C=C=CCCCCCCC=CCCCC. The lowest BCUT2D eigenvalue weighted by molar-refractivity contribution is 0.651. The molecule has 0 saturated heterocycles. The van der Waals surface area contributed by atoms with Crippen LogP contribution in [0.2, 0.25) is 0 Å². The molecular weight excluding hydrogens is 180 g/mol. The summed E-state index contributed by atoms with van der Waals surface area (Å²) in [6.07, 6.45) is 18.4. The van der Waals surface area contributed by atoms with Crippen LogP contribution in [0.4, 0.5) is 0 Å². The molecule has 0 nitrogen and oxygen atoms in total. The summed E-state index contributed by atoms with van der Waals surface area (Å²) < 4.78 is 0. The van der Waals surface area contributed by atoms with Crippen LogP contribution < -0.4 is 0 Å². The van der Waals surface area contributed by atoms with Gasteiger partial charge in [0.2, 0.25) is 0 Å². The average molecular weight is 206 g/mol. The van der Waals surface area contributed by atoms with Crippen LogP contribution in [0.3, 0.4) is 0 Å². The third-order valence-electron chi connectivity index (χ3n) is 2.50. The summed E-state index contributed by atoms with van der Waals surface area (Å²) in [5, 5.41) is 0. The van der Waals surface area contributed by atoms with Gasteiger partial charge in [-0.2, -0.15) is 0 Å². The molecule has 0 spiro atoms. The van der Waals surface area contributed by atoms with Crippen molar-refractivity contribution in [3.63, 3.8) is 0 Å². The van der Waals surface area contributed by atoms with E-state index in [2.05, 4.69) is 31.4 Å². The first-order valence-electron chi connectivity index (χ1n) is 6.41. The summed E-state index contributed by atoms with van der Waals surface area (Å²) in [7, 11) is 0. The van der Waals surface area contributed by atoms with E-state index in [4.69, 9.17) is 0 Å². The van der Waals surface area contributed by atoms with Crippen molar-refractivity contribution in [2.75, 3.05) is 0 Å². The second-order valence-electron chi connectivity index (χ2n) is 4.01. The quantitative estimate of drug-likeness (QED) is 0.254. The maximum Gasteiger partial charge on any atom is -0.0275 e. The Morgan fingerprint density at radius 2 is 1.47 bits per heavy atom. The van der Waals surface area contributed by atoms with Crippen molar-refractivity contribution in [1.29, 1.82) is 0 Å². The zero-order valence-corrected chi connectivity index (χ0v) is 10.3. The van der Waals surface area contributed by atoms with E-state index in [0.29, 0.717) is 0 Å². The van der Waals surface area contributed by atoms with E-state index in [-0.39, 0.29) is 0 Å². The molecule has 0 aromatic heterocycles. The maximum absolute atomic E-state index is 3.55. The van der Waals surface area contributed by atoms with E-state index in [1.807, 2.05) is 6.08 Å². The molecule has 0 radical (unpaired) electrons. The van der Waals surface area contributed by atoms with Crippen LogP contribution in [-0.2, 0) is 0 Å². The van der Waals surface area contributed by atoms with Gasteiger partial charge in [0.25, 0.3) is 0 Å². The van der Waals surface area contributed by atoms with E-state index < -0.39 is 0 Å². The highest BCUT2D eigenvalue weighted by Crippen LogP contribution is 2.06. The Balaban J connectivity index is 3.04. The van der Waals surface area contributed by atoms with Crippen LogP contribution in [0.5, 0.6) is 0 Å². The molecular formula is C15H26. The highest BCUT2D eigenvalue weighted by molar-refractivity contribution is 4.81. The minimum absolute atomic E-state index is 1.15. The van der Waals surface area contributed by atoms with Crippen molar-refractivity contribution in [2.24, 2.45) is 0 Å². The first kappa shape index (κ1) is 14.3. The smallest absolute Gasteiger partial charge is 0.0275 e. The van der Waals surface area contributed by atoms with Gasteiger partial charge in [-0.3, -0.25) is 0 Å². The summed E-state index contributed by atoms with van der Waals surface area (Å²) in [4.78, 5) is 0. The van der Waals surface area contributed by atoms with Gasteiger partial charge < -0.3 is 0 Å². The van der Waals surface area contributed by atoms with E-state index in [9.17, 15) is 0 Å². The molecule has 0 heterocycles. The molecule has 0 amide bonds. The molecule has 0 aliphatic carbocycles.